The number of ketones is 1. The summed E-state index contributed by atoms with van der Waals surface area (Å²) in [7, 11) is 0. The van der Waals surface area contributed by atoms with Gasteiger partial charge in [-0.2, -0.15) is 4.58 Å². The number of carboxylic acids is 1. The van der Waals surface area contributed by atoms with E-state index < -0.39 is 5.97 Å². The topological polar surface area (TPSA) is 80.9 Å². The Hall–Kier alpha value is -6.27. The second kappa shape index (κ2) is 17.0. The van der Waals surface area contributed by atoms with Crippen molar-refractivity contribution in [3.63, 3.8) is 0 Å². The number of nitrogens with zero attached hydrogens (tertiary/aromatic N) is 2. The number of carbonyl (C=O) groups is 2. The molecule has 0 aromatic heterocycles. The quantitative estimate of drug-likeness (QED) is 0.0625. The molecule has 61 heavy (non-hydrogen) atoms. The van der Waals surface area contributed by atoms with Gasteiger partial charge in [0.25, 0.3) is 0 Å². The Kier molecular flexibility index (Phi) is 11.2. The largest absolute Gasteiger partial charge is 0.506 e. The minimum absolute atomic E-state index is 0.0262. The number of hydrogen-bond donors (Lipinski definition) is 2. The second-order valence-electron chi connectivity index (χ2n) is 17.2. The minimum atomic E-state index is -0.862. The lowest BCUT2D eigenvalue weighted by atomic mass is 9.69. The summed E-state index contributed by atoms with van der Waals surface area (Å²) in [6.07, 6.45) is 13.3. The molecule has 0 saturated heterocycles. The third-order valence-electron chi connectivity index (χ3n) is 13.6. The molecule has 0 bridgehead atoms. The summed E-state index contributed by atoms with van der Waals surface area (Å²) in [4.78, 5) is 28.7. The maximum atomic E-state index is 14.3. The monoisotopic (exact) mass is 807 g/mol. The number of anilines is 2. The van der Waals surface area contributed by atoms with E-state index in [-0.39, 0.29) is 23.4 Å². The van der Waals surface area contributed by atoms with Gasteiger partial charge in [0, 0.05) is 41.0 Å². The first-order valence-corrected chi connectivity index (χ1v) is 22.4. The van der Waals surface area contributed by atoms with Gasteiger partial charge in [0.1, 0.15) is 12.2 Å². The van der Waals surface area contributed by atoms with Gasteiger partial charge in [-0.25, -0.2) is 0 Å². The zero-order valence-electron chi connectivity index (χ0n) is 35.3. The molecular weight excluding hydrogens is 753 g/mol. The Balaban J connectivity index is 1.05. The summed E-state index contributed by atoms with van der Waals surface area (Å²) in [5, 5.41) is 21.6. The first-order chi connectivity index (χ1) is 29.8. The number of rotatable bonds is 15. The standard InChI is InChI=1S/C55H54N2O4/c1-3-5-31-55(32-6-4-2)46-21-13-14-22-49(46)56(33-30-51(58)59)50(55)36-45-53(60)52(54(45)61)40-26-29-48-44(35-40)42-20-15-23-47(42)57(48)41-27-24-37(25-28-41)34-43(38-16-9-7-10-17-38)39-18-11-8-12-19-39/h7-14,16-19,21-22,24-29,34-36,42,47H,3-6,15,20,23,30-33H2,1-2H3,(H-,58,59,60,61)/p+1. The molecule has 1 saturated carbocycles. The number of Topliss-reactive ketones (excluding diaryl/α,β-unsaturated/α-hetero) is 1. The molecule has 5 aromatic carbocycles. The molecule has 4 aliphatic rings. The fourth-order valence-electron chi connectivity index (χ4n) is 10.7. The highest BCUT2D eigenvalue weighted by atomic mass is 16.4. The lowest BCUT2D eigenvalue weighted by Crippen LogP contribution is -2.36. The van der Waals surface area contributed by atoms with Gasteiger partial charge in [-0.1, -0.05) is 143 Å². The summed E-state index contributed by atoms with van der Waals surface area (Å²) >= 11 is 0. The SMILES string of the molecule is CCCCC1(CCCC)C(C=C2C(=O)C(c3ccc4c(c3)C3CCCC3N4c3ccc(C=C(c4ccccc4)c4ccccc4)cc3)=C2O)=[N+](CCC(=O)O)c2ccccc21. The van der Waals surface area contributed by atoms with Gasteiger partial charge in [0.2, 0.25) is 11.5 Å². The van der Waals surface area contributed by atoms with Crippen LogP contribution in [0, 0.1) is 0 Å². The zero-order valence-corrected chi connectivity index (χ0v) is 35.3. The van der Waals surface area contributed by atoms with E-state index in [0.29, 0.717) is 29.7 Å². The van der Waals surface area contributed by atoms with Gasteiger partial charge in [0.15, 0.2) is 12.3 Å². The fraction of sp³-hybridized carbons (Fsp3) is 0.291. The van der Waals surface area contributed by atoms with E-state index in [9.17, 15) is 19.8 Å². The molecular formula is C55H55N2O4+. The van der Waals surface area contributed by atoms with Crippen LogP contribution in [-0.4, -0.2) is 44.8 Å². The molecule has 0 spiro atoms. The minimum Gasteiger partial charge on any atom is -0.506 e. The van der Waals surface area contributed by atoms with E-state index in [4.69, 9.17) is 0 Å². The number of para-hydroxylation sites is 1. The number of unbranched alkanes of at least 4 members (excludes halogenated alkanes) is 2. The summed E-state index contributed by atoms with van der Waals surface area (Å²) in [6.45, 7) is 4.68. The van der Waals surface area contributed by atoms with Crippen LogP contribution in [0.1, 0.15) is 117 Å². The number of carboxylic acid groups (broad SMARTS) is 1. The number of allylic oxidation sites excluding steroid dienone is 3. The number of hydrogen-bond acceptors (Lipinski definition) is 4. The van der Waals surface area contributed by atoms with E-state index in [2.05, 4.69) is 145 Å². The van der Waals surface area contributed by atoms with E-state index >= 15 is 0 Å². The van der Waals surface area contributed by atoms with Crippen molar-refractivity contribution >= 4 is 51.7 Å². The molecule has 0 amide bonds. The van der Waals surface area contributed by atoms with Crippen molar-refractivity contribution in [1.29, 1.82) is 0 Å². The zero-order chi connectivity index (χ0) is 42.1. The van der Waals surface area contributed by atoms with Crippen molar-refractivity contribution in [3.8, 4) is 0 Å². The van der Waals surface area contributed by atoms with Gasteiger partial charge < -0.3 is 15.1 Å². The highest BCUT2D eigenvalue weighted by Gasteiger charge is 2.52. The van der Waals surface area contributed by atoms with Crippen molar-refractivity contribution in [1.82, 2.24) is 0 Å². The molecule has 1 fully saturated rings. The van der Waals surface area contributed by atoms with Crippen molar-refractivity contribution < 1.29 is 24.4 Å². The molecule has 2 atom stereocenters. The van der Waals surface area contributed by atoms with Crippen LogP contribution in [0.4, 0.5) is 17.1 Å². The van der Waals surface area contributed by atoms with Crippen LogP contribution in [0.25, 0.3) is 17.2 Å². The fourth-order valence-corrected chi connectivity index (χ4v) is 10.7. The maximum Gasteiger partial charge on any atom is 0.309 e. The van der Waals surface area contributed by atoms with Gasteiger partial charge in [-0.3, -0.25) is 9.59 Å². The molecule has 2 heterocycles. The molecule has 2 aliphatic carbocycles. The number of aliphatic carboxylic acids is 1. The third kappa shape index (κ3) is 7.26. The smallest absolute Gasteiger partial charge is 0.309 e. The van der Waals surface area contributed by atoms with E-state index in [1.807, 2.05) is 18.2 Å². The first kappa shape index (κ1) is 40.2. The predicted molar refractivity (Wildman–Crippen MR) is 247 cm³/mol. The van der Waals surface area contributed by atoms with Crippen LogP contribution in [0.2, 0.25) is 0 Å². The number of fused-ring (bicyclic) bond motifs is 4. The molecule has 5 aromatic rings. The van der Waals surface area contributed by atoms with Crippen LogP contribution in [0.3, 0.4) is 0 Å². The van der Waals surface area contributed by atoms with Gasteiger partial charge >= 0.3 is 5.97 Å². The van der Waals surface area contributed by atoms with Crippen LogP contribution in [0.5, 0.6) is 0 Å². The van der Waals surface area contributed by atoms with Gasteiger partial charge in [0.05, 0.1) is 16.6 Å². The van der Waals surface area contributed by atoms with Crippen molar-refractivity contribution in [2.24, 2.45) is 0 Å². The molecule has 2 aliphatic heterocycles. The van der Waals surface area contributed by atoms with Crippen molar-refractivity contribution in [2.45, 2.75) is 95.4 Å². The molecule has 2 N–H and O–H groups in total. The summed E-state index contributed by atoms with van der Waals surface area (Å²) in [5.74, 6) is -0.651. The number of carbonyl (C=O) groups excluding carboxylic acids is 1. The van der Waals surface area contributed by atoms with Crippen LogP contribution in [0.15, 0.2) is 145 Å². The molecule has 6 nitrogen and oxygen atoms in total. The molecule has 308 valence electrons. The highest BCUT2D eigenvalue weighted by Crippen LogP contribution is 2.54. The number of benzene rings is 5. The molecule has 0 radical (unpaired) electrons. The highest BCUT2D eigenvalue weighted by molar-refractivity contribution is 6.40. The molecule has 2 unspecified atom stereocenters. The Bertz CT molecular complexity index is 2550. The number of aliphatic hydroxyl groups is 1. The predicted octanol–water partition coefficient (Wildman–Crippen LogP) is 12.7. The molecule has 6 heteroatoms. The van der Waals surface area contributed by atoms with Gasteiger partial charge in [-0.15, -0.1) is 0 Å². The lowest BCUT2D eigenvalue weighted by molar-refractivity contribution is -0.436. The third-order valence-corrected chi connectivity index (χ3v) is 13.6. The Morgan fingerprint density at radius 1 is 0.820 bits per heavy atom. The van der Waals surface area contributed by atoms with Crippen LogP contribution >= 0.6 is 0 Å². The molecule has 9 rings (SSSR count). The van der Waals surface area contributed by atoms with Gasteiger partial charge in [-0.05, 0) is 89.4 Å². The van der Waals surface area contributed by atoms with Crippen LogP contribution < -0.4 is 4.90 Å². The summed E-state index contributed by atoms with van der Waals surface area (Å²) in [6, 6.07) is 44.9. The first-order valence-electron chi connectivity index (χ1n) is 22.4. The average Bonchev–Trinajstić information content (AvgIpc) is 3.96. The van der Waals surface area contributed by atoms with E-state index in [1.54, 1.807) is 0 Å². The Morgan fingerprint density at radius 2 is 1.48 bits per heavy atom. The van der Waals surface area contributed by atoms with Crippen molar-refractivity contribution in [3.05, 3.63) is 178 Å². The maximum absolute atomic E-state index is 14.3. The summed E-state index contributed by atoms with van der Waals surface area (Å²) < 4.78 is 2.11. The normalized spacial score (nSPS) is 19.2. The second-order valence-corrected chi connectivity index (χ2v) is 17.2. The number of aliphatic hydroxyl groups excluding tert-OH is 1. The Morgan fingerprint density at radius 3 is 2.11 bits per heavy atom. The lowest BCUT2D eigenvalue weighted by Gasteiger charge is -2.29. The van der Waals surface area contributed by atoms with E-state index in [0.717, 1.165) is 86.0 Å². The summed E-state index contributed by atoms with van der Waals surface area (Å²) in [5.41, 5.74) is 12.4. The average molecular weight is 808 g/mol. The van der Waals surface area contributed by atoms with Crippen molar-refractivity contribution in [2.75, 3.05) is 11.4 Å². The van der Waals surface area contributed by atoms with Crippen LogP contribution in [-0.2, 0) is 15.0 Å². The Labute approximate surface area is 359 Å². The van der Waals surface area contributed by atoms with E-state index in [1.165, 1.54) is 33.5 Å².